The molecule has 0 saturated carbocycles. The van der Waals surface area contributed by atoms with Gasteiger partial charge < -0.3 is 14.9 Å². The van der Waals surface area contributed by atoms with Crippen molar-refractivity contribution in [2.45, 2.75) is 38.2 Å². The number of ether oxygens (including phenoxy) is 1. The van der Waals surface area contributed by atoms with Crippen LogP contribution >= 0.6 is 22.9 Å². The minimum atomic E-state index is -0.940. The Labute approximate surface area is 175 Å². The third-order valence-electron chi connectivity index (χ3n) is 5.01. The van der Waals surface area contributed by atoms with E-state index in [1.54, 1.807) is 6.07 Å². The first-order valence-corrected chi connectivity index (χ1v) is 10.4. The number of nitrogens with one attached hydrogen (secondary N) is 1. The monoisotopic (exact) mass is 436 g/mol. The molecule has 1 atom stereocenters. The maximum absolute atomic E-state index is 14.1. The summed E-state index contributed by atoms with van der Waals surface area (Å²) in [4.78, 5) is 31.4. The number of amides is 1. The van der Waals surface area contributed by atoms with E-state index >= 15 is 0 Å². The first kappa shape index (κ1) is 19.8. The number of methoxy groups -OCH3 is 1. The highest BCUT2D eigenvalue weighted by Gasteiger charge is 2.33. The van der Waals surface area contributed by atoms with Crippen molar-refractivity contribution in [1.82, 2.24) is 0 Å². The molecule has 0 bridgehead atoms. The molecule has 0 saturated heterocycles. The van der Waals surface area contributed by atoms with E-state index in [-0.39, 0.29) is 22.7 Å². The SMILES string of the molecule is COC(=O)c1c(NC(=O)C2CC(c3c(F)cccc3Cl)=NO2)sc2c1CCCC2. The molecule has 2 aromatic rings. The molecule has 6 nitrogen and oxygen atoms in total. The van der Waals surface area contributed by atoms with Crippen LogP contribution in [0.25, 0.3) is 0 Å². The van der Waals surface area contributed by atoms with Gasteiger partial charge >= 0.3 is 5.97 Å². The average Bonchev–Trinajstić information content (AvgIpc) is 3.32. The van der Waals surface area contributed by atoms with Crippen molar-refractivity contribution < 1.29 is 23.6 Å². The number of fused-ring (bicyclic) bond motifs is 1. The zero-order chi connectivity index (χ0) is 20.5. The van der Waals surface area contributed by atoms with Gasteiger partial charge in [-0.3, -0.25) is 4.79 Å². The second-order valence-corrected chi connectivity index (χ2v) is 8.34. The molecule has 1 aromatic carbocycles. The summed E-state index contributed by atoms with van der Waals surface area (Å²) >= 11 is 7.46. The number of hydrogen-bond acceptors (Lipinski definition) is 6. The lowest BCUT2D eigenvalue weighted by Crippen LogP contribution is -2.28. The number of nitrogens with zero attached hydrogens (tertiary/aromatic N) is 1. The quantitative estimate of drug-likeness (QED) is 0.723. The summed E-state index contributed by atoms with van der Waals surface area (Å²) in [7, 11) is 1.32. The highest BCUT2D eigenvalue weighted by molar-refractivity contribution is 7.17. The number of carbonyl (C=O) groups is 2. The maximum Gasteiger partial charge on any atom is 0.341 e. The molecule has 9 heteroatoms. The van der Waals surface area contributed by atoms with Gasteiger partial charge in [0.1, 0.15) is 10.8 Å². The molecule has 1 aromatic heterocycles. The molecule has 29 heavy (non-hydrogen) atoms. The van der Waals surface area contributed by atoms with Crippen LogP contribution in [0.3, 0.4) is 0 Å². The lowest BCUT2D eigenvalue weighted by molar-refractivity contribution is -0.125. The van der Waals surface area contributed by atoms with Gasteiger partial charge in [-0.2, -0.15) is 0 Å². The van der Waals surface area contributed by atoms with Crippen molar-refractivity contribution in [2.24, 2.45) is 5.16 Å². The Morgan fingerprint density at radius 1 is 1.34 bits per heavy atom. The number of benzene rings is 1. The number of halogens is 2. The van der Waals surface area contributed by atoms with E-state index < -0.39 is 23.8 Å². The van der Waals surface area contributed by atoms with Crippen molar-refractivity contribution in [2.75, 3.05) is 12.4 Å². The molecule has 152 valence electrons. The second kappa shape index (κ2) is 8.12. The first-order chi connectivity index (χ1) is 14.0. The van der Waals surface area contributed by atoms with E-state index in [2.05, 4.69) is 10.5 Å². The van der Waals surface area contributed by atoms with E-state index in [0.29, 0.717) is 10.6 Å². The average molecular weight is 437 g/mol. The van der Waals surface area contributed by atoms with Crippen LogP contribution in [0.15, 0.2) is 23.4 Å². The highest BCUT2D eigenvalue weighted by Crippen LogP contribution is 2.39. The third-order valence-corrected chi connectivity index (χ3v) is 6.53. The van der Waals surface area contributed by atoms with Crippen LogP contribution in [0.2, 0.25) is 5.02 Å². The number of hydrogen-bond donors (Lipinski definition) is 1. The Morgan fingerprint density at radius 2 is 2.14 bits per heavy atom. The van der Waals surface area contributed by atoms with E-state index in [1.807, 2.05) is 0 Å². The fraction of sp³-hybridized carbons (Fsp3) is 0.350. The molecular formula is C20H18ClFN2O4S. The molecule has 0 fully saturated rings. The predicted molar refractivity (Wildman–Crippen MR) is 108 cm³/mol. The lowest BCUT2D eigenvalue weighted by atomic mass is 9.95. The predicted octanol–water partition coefficient (Wildman–Crippen LogP) is 4.34. The molecule has 0 spiro atoms. The van der Waals surface area contributed by atoms with Gasteiger partial charge in [0.2, 0.25) is 6.10 Å². The molecule has 1 aliphatic heterocycles. The summed E-state index contributed by atoms with van der Waals surface area (Å²) in [6, 6.07) is 4.32. The largest absolute Gasteiger partial charge is 0.465 e. The summed E-state index contributed by atoms with van der Waals surface area (Å²) < 4.78 is 19.0. The Morgan fingerprint density at radius 3 is 2.90 bits per heavy atom. The first-order valence-electron chi connectivity index (χ1n) is 9.20. The topological polar surface area (TPSA) is 77.0 Å². The number of carbonyl (C=O) groups excluding carboxylic acids is 2. The van der Waals surface area contributed by atoms with Gasteiger partial charge in [0.05, 0.1) is 29.0 Å². The summed E-state index contributed by atoms with van der Waals surface area (Å²) in [5.41, 5.74) is 1.76. The summed E-state index contributed by atoms with van der Waals surface area (Å²) in [6.07, 6.45) is 2.83. The number of anilines is 1. The molecule has 0 radical (unpaired) electrons. The van der Waals surface area contributed by atoms with Gasteiger partial charge in [0.15, 0.2) is 0 Å². The molecule has 1 unspecified atom stereocenters. The third kappa shape index (κ3) is 3.74. The van der Waals surface area contributed by atoms with Crippen molar-refractivity contribution in [3.05, 3.63) is 50.6 Å². The zero-order valence-corrected chi connectivity index (χ0v) is 17.2. The van der Waals surface area contributed by atoms with Gasteiger partial charge in [-0.1, -0.05) is 22.8 Å². The number of esters is 1. The van der Waals surface area contributed by atoms with Gasteiger partial charge in [-0.25, -0.2) is 9.18 Å². The van der Waals surface area contributed by atoms with Crippen LogP contribution in [0.5, 0.6) is 0 Å². The number of aryl methyl sites for hydroxylation is 1. The lowest BCUT2D eigenvalue weighted by Gasteiger charge is -2.12. The van der Waals surface area contributed by atoms with Crippen LogP contribution in [0, 0.1) is 5.82 Å². The molecule has 4 rings (SSSR count). The molecule has 2 heterocycles. The number of rotatable bonds is 4. The minimum Gasteiger partial charge on any atom is -0.465 e. The van der Waals surface area contributed by atoms with Crippen LogP contribution < -0.4 is 5.32 Å². The fourth-order valence-electron chi connectivity index (χ4n) is 3.60. The zero-order valence-electron chi connectivity index (χ0n) is 15.6. The van der Waals surface area contributed by atoms with E-state index in [9.17, 15) is 14.0 Å². The van der Waals surface area contributed by atoms with Crippen molar-refractivity contribution in [3.63, 3.8) is 0 Å². The molecular weight excluding hydrogens is 419 g/mol. The second-order valence-electron chi connectivity index (χ2n) is 6.83. The number of oxime groups is 1. The van der Waals surface area contributed by atoms with Crippen molar-refractivity contribution >= 4 is 45.5 Å². The minimum absolute atomic E-state index is 0.0745. The molecule has 1 N–H and O–H groups in total. The van der Waals surface area contributed by atoms with Crippen LogP contribution in [-0.4, -0.2) is 30.8 Å². The molecule has 1 amide bonds. The Balaban J connectivity index is 1.53. The van der Waals surface area contributed by atoms with Crippen molar-refractivity contribution in [3.8, 4) is 0 Å². The van der Waals surface area contributed by atoms with Gasteiger partial charge in [-0.15, -0.1) is 11.3 Å². The van der Waals surface area contributed by atoms with E-state index in [4.69, 9.17) is 21.2 Å². The Bertz CT molecular complexity index is 1000. The van der Waals surface area contributed by atoms with E-state index in [1.165, 1.54) is 30.6 Å². The maximum atomic E-state index is 14.1. The summed E-state index contributed by atoms with van der Waals surface area (Å²) in [5.74, 6) is -1.46. The van der Waals surface area contributed by atoms with Crippen molar-refractivity contribution in [1.29, 1.82) is 0 Å². The Hall–Kier alpha value is -2.45. The molecule has 2 aliphatic rings. The summed E-state index contributed by atoms with van der Waals surface area (Å²) in [5, 5.41) is 7.29. The molecule has 1 aliphatic carbocycles. The van der Waals surface area contributed by atoms with Gasteiger partial charge in [0, 0.05) is 11.3 Å². The fourth-order valence-corrected chi connectivity index (χ4v) is 5.16. The van der Waals surface area contributed by atoms with Crippen LogP contribution in [0.4, 0.5) is 9.39 Å². The smallest absolute Gasteiger partial charge is 0.341 e. The standard InChI is InChI=1S/C20H18ClFN2O4S/c1-27-20(26)16-10-5-2-3-8-15(10)29-19(16)23-18(25)14-9-13(24-28-14)17-11(21)6-4-7-12(17)22/h4,6-7,14H,2-3,5,8-9H2,1H3,(H,23,25). The Kier molecular flexibility index (Phi) is 5.56. The number of thiophene rings is 1. The van der Waals surface area contributed by atoms with Crippen LogP contribution in [-0.2, 0) is 27.2 Å². The highest BCUT2D eigenvalue weighted by atomic mass is 35.5. The normalized spacial score (nSPS) is 17.9. The van der Waals surface area contributed by atoms with Gasteiger partial charge in [0.25, 0.3) is 5.91 Å². The summed E-state index contributed by atoms with van der Waals surface area (Å²) in [6.45, 7) is 0. The van der Waals surface area contributed by atoms with Gasteiger partial charge in [-0.05, 0) is 43.4 Å². The van der Waals surface area contributed by atoms with Crippen LogP contribution in [0.1, 0.15) is 45.6 Å². The van der Waals surface area contributed by atoms with E-state index in [0.717, 1.165) is 36.1 Å².